The van der Waals surface area contributed by atoms with Gasteiger partial charge in [-0.05, 0) is 18.2 Å². The summed E-state index contributed by atoms with van der Waals surface area (Å²) in [6.45, 7) is -0.0910. The second-order valence-corrected chi connectivity index (χ2v) is 4.11. The number of nitro groups is 1. The molecule has 0 fully saturated rings. The quantitative estimate of drug-likeness (QED) is 0.503. The molecule has 0 unspecified atom stereocenters. The third-order valence-electron chi connectivity index (χ3n) is 2.74. The molecule has 110 valence electrons. The molecule has 0 aromatic heterocycles. The van der Waals surface area contributed by atoms with E-state index in [-0.39, 0.29) is 18.0 Å². The number of hydrogen-bond acceptors (Lipinski definition) is 5. The first-order valence-electron chi connectivity index (χ1n) is 5.83. The molecule has 21 heavy (non-hydrogen) atoms. The number of benzene rings is 2. The van der Waals surface area contributed by atoms with Gasteiger partial charge in [-0.25, -0.2) is 8.78 Å². The van der Waals surface area contributed by atoms with Gasteiger partial charge in [-0.3, -0.25) is 16.0 Å². The average molecular weight is 295 g/mol. The Bertz CT molecular complexity index is 680. The van der Waals surface area contributed by atoms with Crippen LogP contribution in [0.25, 0.3) is 0 Å². The Balaban J connectivity index is 2.19. The zero-order valence-corrected chi connectivity index (χ0v) is 10.7. The summed E-state index contributed by atoms with van der Waals surface area (Å²) in [7, 11) is 0. The normalized spacial score (nSPS) is 10.2. The van der Waals surface area contributed by atoms with Crippen molar-refractivity contribution in [2.75, 3.05) is 5.43 Å². The number of hydrogen-bond donors (Lipinski definition) is 2. The number of ether oxygens (including phenoxy) is 1. The molecule has 8 heteroatoms. The van der Waals surface area contributed by atoms with E-state index in [4.69, 9.17) is 10.6 Å². The van der Waals surface area contributed by atoms with Crippen LogP contribution in [-0.4, -0.2) is 4.92 Å². The maximum absolute atomic E-state index is 13.0. The molecule has 3 N–H and O–H groups in total. The second kappa shape index (κ2) is 6.14. The molecule has 0 amide bonds. The molecule has 0 aliphatic carbocycles. The van der Waals surface area contributed by atoms with Crippen molar-refractivity contribution < 1.29 is 18.4 Å². The third kappa shape index (κ3) is 3.42. The lowest BCUT2D eigenvalue weighted by Gasteiger charge is -2.10. The molecule has 6 nitrogen and oxygen atoms in total. The summed E-state index contributed by atoms with van der Waals surface area (Å²) < 4.78 is 31.1. The van der Waals surface area contributed by atoms with Gasteiger partial charge in [0.1, 0.15) is 12.4 Å². The fraction of sp³-hybridized carbons (Fsp3) is 0.0769. The van der Waals surface area contributed by atoms with E-state index in [0.717, 1.165) is 12.1 Å². The molecular formula is C13H11F2N3O3. The van der Waals surface area contributed by atoms with Crippen LogP contribution in [0.4, 0.5) is 20.2 Å². The SMILES string of the molecule is NNc1ccc([N+](=O)[O-])cc1COc1ccc(F)c(F)c1. The lowest BCUT2D eigenvalue weighted by atomic mass is 10.1. The Labute approximate surface area is 118 Å². The largest absolute Gasteiger partial charge is 0.489 e. The molecule has 0 atom stereocenters. The highest BCUT2D eigenvalue weighted by Crippen LogP contribution is 2.24. The van der Waals surface area contributed by atoms with Gasteiger partial charge in [0.25, 0.3) is 5.69 Å². The molecule has 0 aliphatic heterocycles. The van der Waals surface area contributed by atoms with Crippen LogP contribution in [0.5, 0.6) is 5.75 Å². The third-order valence-corrected chi connectivity index (χ3v) is 2.74. The van der Waals surface area contributed by atoms with Crippen LogP contribution in [0.1, 0.15) is 5.56 Å². The number of anilines is 1. The van der Waals surface area contributed by atoms with Gasteiger partial charge in [-0.15, -0.1) is 0 Å². The van der Waals surface area contributed by atoms with Crippen molar-refractivity contribution in [1.82, 2.24) is 0 Å². The summed E-state index contributed by atoms with van der Waals surface area (Å²) in [6, 6.07) is 7.08. The van der Waals surface area contributed by atoms with E-state index in [0.29, 0.717) is 11.3 Å². The Kier molecular flexibility index (Phi) is 4.29. The number of nitrogens with zero attached hydrogens (tertiary/aromatic N) is 1. The molecular weight excluding hydrogens is 284 g/mol. The maximum Gasteiger partial charge on any atom is 0.269 e. The second-order valence-electron chi connectivity index (χ2n) is 4.11. The van der Waals surface area contributed by atoms with Crippen molar-refractivity contribution in [3.63, 3.8) is 0 Å². The number of halogens is 2. The van der Waals surface area contributed by atoms with Gasteiger partial charge in [-0.2, -0.15) is 0 Å². The molecule has 2 rings (SSSR count). The molecule has 2 aromatic carbocycles. The number of non-ortho nitro benzene ring substituents is 1. The van der Waals surface area contributed by atoms with Crippen molar-refractivity contribution in [3.8, 4) is 5.75 Å². The van der Waals surface area contributed by atoms with Crippen molar-refractivity contribution >= 4 is 11.4 Å². The monoisotopic (exact) mass is 295 g/mol. The van der Waals surface area contributed by atoms with E-state index < -0.39 is 16.6 Å². The van der Waals surface area contributed by atoms with E-state index in [9.17, 15) is 18.9 Å². The van der Waals surface area contributed by atoms with E-state index in [1.165, 1.54) is 24.3 Å². The maximum atomic E-state index is 13.0. The summed E-state index contributed by atoms with van der Waals surface area (Å²) in [5, 5.41) is 10.7. The number of rotatable bonds is 5. The van der Waals surface area contributed by atoms with Crippen LogP contribution in [-0.2, 0) is 6.61 Å². The highest BCUT2D eigenvalue weighted by molar-refractivity contribution is 5.55. The Morgan fingerprint density at radius 1 is 1.19 bits per heavy atom. The summed E-state index contributed by atoms with van der Waals surface area (Å²) >= 11 is 0. The fourth-order valence-electron chi connectivity index (χ4n) is 1.68. The van der Waals surface area contributed by atoms with Gasteiger partial charge >= 0.3 is 0 Å². The molecule has 0 radical (unpaired) electrons. The van der Waals surface area contributed by atoms with Crippen molar-refractivity contribution in [1.29, 1.82) is 0 Å². The predicted octanol–water partition coefficient (Wildman–Crippen LogP) is 2.74. The summed E-state index contributed by atoms with van der Waals surface area (Å²) in [6.07, 6.45) is 0. The van der Waals surface area contributed by atoms with E-state index in [2.05, 4.69) is 5.43 Å². The highest BCUT2D eigenvalue weighted by Gasteiger charge is 2.11. The highest BCUT2D eigenvalue weighted by atomic mass is 19.2. The molecule has 0 bridgehead atoms. The number of hydrazine groups is 1. The summed E-state index contributed by atoms with van der Waals surface area (Å²) in [5.41, 5.74) is 3.10. The molecule has 0 heterocycles. The molecule has 0 aliphatic rings. The van der Waals surface area contributed by atoms with E-state index in [1.807, 2.05) is 0 Å². The van der Waals surface area contributed by atoms with Crippen LogP contribution in [0.15, 0.2) is 36.4 Å². The minimum absolute atomic E-state index is 0.0910. The van der Waals surface area contributed by atoms with Gasteiger partial charge in [0.2, 0.25) is 0 Å². The Morgan fingerprint density at radius 2 is 1.95 bits per heavy atom. The number of nitrogens with two attached hydrogens (primary N) is 1. The minimum atomic E-state index is -1.04. The Hall–Kier alpha value is -2.74. The standard InChI is InChI=1S/C13H11F2N3O3/c14-11-3-2-10(6-12(11)15)21-7-8-5-9(18(19)20)1-4-13(8)17-16/h1-6,17H,7,16H2. The topological polar surface area (TPSA) is 90.4 Å². The molecule has 0 spiro atoms. The Morgan fingerprint density at radius 3 is 2.57 bits per heavy atom. The van der Waals surface area contributed by atoms with Gasteiger partial charge in [0.05, 0.1) is 10.6 Å². The van der Waals surface area contributed by atoms with Gasteiger partial charge < -0.3 is 10.2 Å². The first-order valence-corrected chi connectivity index (χ1v) is 5.83. The van der Waals surface area contributed by atoms with Crippen LogP contribution < -0.4 is 16.0 Å². The number of nitrogens with one attached hydrogen (secondary N) is 1. The number of nitro benzene ring substituents is 1. The number of nitrogen functional groups attached to an aromatic ring is 1. The van der Waals surface area contributed by atoms with Gasteiger partial charge in [0.15, 0.2) is 11.6 Å². The summed E-state index contributed by atoms with van der Waals surface area (Å²) in [4.78, 5) is 10.2. The zero-order valence-electron chi connectivity index (χ0n) is 10.7. The van der Waals surface area contributed by atoms with Crippen molar-refractivity contribution in [3.05, 3.63) is 63.7 Å². The lowest BCUT2D eigenvalue weighted by molar-refractivity contribution is -0.384. The fourth-order valence-corrected chi connectivity index (χ4v) is 1.68. The first kappa shape index (κ1) is 14.7. The van der Waals surface area contributed by atoms with Crippen LogP contribution in [0, 0.1) is 21.7 Å². The van der Waals surface area contributed by atoms with Crippen LogP contribution in [0.2, 0.25) is 0 Å². The smallest absolute Gasteiger partial charge is 0.269 e. The molecule has 0 saturated heterocycles. The average Bonchev–Trinajstić information content (AvgIpc) is 2.48. The van der Waals surface area contributed by atoms with Crippen LogP contribution in [0.3, 0.4) is 0 Å². The molecule has 2 aromatic rings. The van der Waals surface area contributed by atoms with Gasteiger partial charge in [0, 0.05) is 23.8 Å². The minimum Gasteiger partial charge on any atom is -0.489 e. The van der Waals surface area contributed by atoms with Crippen molar-refractivity contribution in [2.24, 2.45) is 5.84 Å². The van der Waals surface area contributed by atoms with E-state index >= 15 is 0 Å². The van der Waals surface area contributed by atoms with E-state index in [1.54, 1.807) is 0 Å². The first-order chi connectivity index (χ1) is 10.0. The summed E-state index contributed by atoms with van der Waals surface area (Å²) in [5.74, 6) is 3.38. The predicted molar refractivity (Wildman–Crippen MR) is 71.6 cm³/mol. The zero-order chi connectivity index (χ0) is 15.4. The van der Waals surface area contributed by atoms with Crippen LogP contribution >= 0.6 is 0 Å². The molecule has 0 saturated carbocycles. The van der Waals surface area contributed by atoms with Gasteiger partial charge in [-0.1, -0.05) is 0 Å². The van der Waals surface area contributed by atoms with Crippen molar-refractivity contribution in [2.45, 2.75) is 6.61 Å². The lowest BCUT2D eigenvalue weighted by Crippen LogP contribution is -2.11.